The van der Waals surface area contributed by atoms with Gasteiger partial charge in [-0.3, -0.25) is 4.79 Å². The van der Waals surface area contributed by atoms with E-state index in [0.717, 1.165) is 6.54 Å². The third kappa shape index (κ3) is 3.22. The third-order valence-corrected chi connectivity index (χ3v) is 3.23. The molecule has 0 aliphatic heterocycles. The van der Waals surface area contributed by atoms with Crippen LogP contribution in [0.4, 0.5) is 0 Å². The zero-order chi connectivity index (χ0) is 15.6. The zero-order valence-corrected chi connectivity index (χ0v) is 12.3. The molecule has 0 spiro atoms. The molecule has 0 amide bonds. The van der Waals surface area contributed by atoms with Crippen molar-refractivity contribution in [3.05, 3.63) is 39.7 Å². The number of benzene rings is 1. The second-order valence-electron chi connectivity index (χ2n) is 5.12. The number of carboxylic acid groups (broad SMARTS) is 1. The first-order chi connectivity index (χ1) is 9.90. The molecule has 0 bridgehead atoms. The van der Waals surface area contributed by atoms with Gasteiger partial charge in [-0.05, 0) is 39.2 Å². The van der Waals surface area contributed by atoms with E-state index in [1.165, 1.54) is 6.92 Å². The van der Waals surface area contributed by atoms with Crippen LogP contribution in [-0.2, 0) is 0 Å². The summed E-state index contributed by atoms with van der Waals surface area (Å²) in [6.45, 7) is 2.79. The minimum Gasteiger partial charge on any atom is -0.492 e. The molecule has 6 nitrogen and oxygen atoms in total. The minimum atomic E-state index is -1.14. The van der Waals surface area contributed by atoms with Gasteiger partial charge in [0, 0.05) is 17.5 Å². The van der Waals surface area contributed by atoms with Crippen molar-refractivity contribution in [1.29, 1.82) is 0 Å². The van der Waals surface area contributed by atoms with Crippen molar-refractivity contribution < 1.29 is 14.6 Å². The first-order valence-corrected chi connectivity index (χ1v) is 6.57. The molecule has 0 atom stereocenters. The van der Waals surface area contributed by atoms with Crippen molar-refractivity contribution in [2.75, 3.05) is 27.2 Å². The largest absolute Gasteiger partial charge is 0.492 e. The Balaban J connectivity index is 2.40. The Hall–Kier alpha value is -2.34. The van der Waals surface area contributed by atoms with Gasteiger partial charge < -0.3 is 19.7 Å². The molecule has 0 aliphatic carbocycles. The quantitative estimate of drug-likeness (QED) is 0.871. The summed E-state index contributed by atoms with van der Waals surface area (Å²) < 4.78 is 5.59. The van der Waals surface area contributed by atoms with Gasteiger partial charge in [0.2, 0.25) is 0 Å². The number of fused-ring (bicyclic) bond motifs is 1. The Morgan fingerprint density at radius 1 is 1.38 bits per heavy atom. The summed E-state index contributed by atoms with van der Waals surface area (Å²) >= 11 is 0. The number of hydrogen-bond acceptors (Lipinski definition) is 4. The predicted octanol–water partition coefficient (Wildman–Crippen LogP) is 1.48. The van der Waals surface area contributed by atoms with Gasteiger partial charge in [-0.1, -0.05) is 0 Å². The Morgan fingerprint density at radius 3 is 2.71 bits per heavy atom. The Bertz CT molecular complexity index is 734. The van der Waals surface area contributed by atoms with Gasteiger partial charge in [0.1, 0.15) is 18.1 Å². The van der Waals surface area contributed by atoms with Gasteiger partial charge in [-0.15, -0.1) is 0 Å². The molecule has 2 rings (SSSR count). The molecule has 1 aromatic carbocycles. The van der Waals surface area contributed by atoms with E-state index in [1.54, 1.807) is 18.2 Å². The molecule has 2 aromatic rings. The van der Waals surface area contributed by atoms with Crippen LogP contribution in [0.15, 0.2) is 23.0 Å². The van der Waals surface area contributed by atoms with Crippen molar-refractivity contribution >= 4 is 16.9 Å². The highest BCUT2D eigenvalue weighted by Crippen LogP contribution is 2.18. The van der Waals surface area contributed by atoms with Crippen LogP contribution in [0.25, 0.3) is 10.9 Å². The molecule has 0 radical (unpaired) electrons. The van der Waals surface area contributed by atoms with E-state index < -0.39 is 5.97 Å². The fraction of sp³-hybridized carbons (Fsp3) is 0.333. The summed E-state index contributed by atoms with van der Waals surface area (Å²) in [5.41, 5.74) is 0.316. The van der Waals surface area contributed by atoms with E-state index in [4.69, 9.17) is 9.84 Å². The lowest BCUT2D eigenvalue weighted by Gasteiger charge is -2.11. The number of carbonyl (C=O) groups is 1. The molecular weight excluding hydrogens is 272 g/mol. The van der Waals surface area contributed by atoms with Gasteiger partial charge in [-0.2, -0.15) is 0 Å². The maximum atomic E-state index is 12.2. The summed E-state index contributed by atoms with van der Waals surface area (Å²) in [5.74, 6) is -0.546. The van der Waals surface area contributed by atoms with Crippen LogP contribution in [0.3, 0.4) is 0 Å². The number of aromatic amines is 1. The van der Waals surface area contributed by atoms with E-state index >= 15 is 0 Å². The zero-order valence-electron chi connectivity index (χ0n) is 12.3. The molecular formula is C15H18N2O4. The number of hydrogen-bond donors (Lipinski definition) is 2. The van der Waals surface area contributed by atoms with Crippen LogP contribution in [-0.4, -0.2) is 48.2 Å². The smallest absolute Gasteiger partial charge is 0.352 e. The number of nitrogens with one attached hydrogen (secondary N) is 1. The number of pyridine rings is 1. The summed E-state index contributed by atoms with van der Waals surface area (Å²) in [7, 11) is 3.90. The molecule has 21 heavy (non-hydrogen) atoms. The van der Waals surface area contributed by atoms with Crippen molar-refractivity contribution in [1.82, 2.24) is 9.88 Å². The standard InChI is InChI=1S/C15H18N2O4/c1-9-13(15(19)20)16-12-5-4-10(8-11(12)14(9)18)21-7-6-17(2)3/h4-5,8H,6-7H2,1-3H3,(H,16,18)(H,19,20). The Morgan fingerprint density at radius 2 is 2.10 bits per heavy atom. The number of ether oxygens (including phenoxy) is 1. The molecule has 1 aromatic heterocycles. The van der Waals surface area contributed by atoms with Crippen molar-refractivity contribution in [2.24, 2.45) is 0 Å². The van der Waals surface area contributed by atoms with Gasteiger partial charge in [0.05, 0.1) is 5.52 Å². The van der Waals surface area contributed by atoms with Crippen LogP contribution in [0, 0.1) is 6.92 Å². The fourth-order valence-corrected chi connectivity index (χ4v) is 2.01. The second-order valence-corrected chi connectivity index (χ2v) is 5.12. The van der Waals surface area contributed by atoms with E-state index in [-0.39, 0.29) is 16.7 Å². The molecule has 0 unspecified atom stereocenters. The average Bonchev–Trinajstić information content (AvgIpc) is 2.42. The summed E-state index contributed by atoms with van der Waals surface area (Å²) in [4.78, 5) is 28.1. The molecule has 0 aliphatic rings. The van der Waals surface area contributed by atoms with Crippen LogP contribution >= 0.6 is 0 Å². The van der Waals surface area contributed by atoms with E-state index in [1.807, 2.05) is 19.0 Å². The number of aromatic carboxylic acids is 1. The van der Waals surface area contributed by atoms with E-state index in [0.29, 0.717) is 23.3 Å². The number of H-pyrrole nitrogens is 1. The van der Waals surface area contributed by atoms with Gasteiger partial charge in [-0.25, -0.2) is 4.79 Å². The minimum absolute atomic E-state index is 0.0752. The fourth-order valence-electron chi connectivity index (χ4n) is 2.01. The predicted molar refractivity (Wildman–Crippen MR) is 80.3 cm³/mol. The summed E-state index contributed by atoms with van der Waals surface area (Å²) in [6.07, 6.45) is 0. The van der Waals surface area contributed by atoms with Gasteiger partial charge in [0.25, 0.3) is 0 Å². The van der Waals surface area contributed by atoms with E-state index in [2.05, 4.69) is 4.98 Å². The topological polar surface area (TPSA) is 82.6 Å². The van der Waals surface area contributed by atoms with Gasteiger partial charge >= 0.3 is 5.97 Å². The Labute approximate surface area is 122 Å². The summed E-state index contributed by atoms with van der Waals surface area (Å²) in [6, 6.07) is 5.02. The van der Waals surface area contributed by atoms with Gasteiger partial charge in [0.15, 0.2) is 5.43 Å². The average molecular weight is 290 g/mol. The molecule has 0 fully saturated rings. The lowest BCUT2D eigenvalue weighted by molar-refractivity contribution is 0.0690. The highest BCUT2D eigenvalue weighted by molar-refractivity contribution is 5.91. The van der Waals surface area contributed by atoms with Crippen molar-refractivity contribution in [3.8, 4) is 5.75 Å². The van der Waals surface area contributed by atoms with Crippen LogP contribution in [0.1, 0.15) is 16.1 Å². The van der Waals surface area contributed by atoms with E-state index in [9.17, 15) is 9.59 Å². The maximum Gasteiger partial charge on any atom is 0.352 e. The first kappa shape index (κ1) is 15.1. The second kappa shape index (κ2) is 5.97. The van der Waals surface area contributed by atoms with Crippen LogP contribution in [0.5, 0.6) is 5.75 Å². The van der Waals surface area contributed by atoms with Crippen LogP contribution in [0.2, 0.25) is 0 Å². The third-order valence-electron chi connectivity index (χ3n) is 3.23. The highest BCUT2D eigenvalue weighted by atomic mass is 16.5. The number of likely N-dealkylation sites (N-methyl/N-ethyl adjacent to an activating group) is 1. The van der Waals surface area contributed by atoms with Crippen molar-refractivity contribution in [3.63, 3.8) is 0 Å². The number of carboxylic acids is 1. The molecule has 112 valence electrons. The number of nitrogens with zero attached hydrogens (tertiary/aromatic N) is 1. The summed E-state index contributed by atoms with van der Waals surface area (Å²) in [5, 5.41) is 9.50. The lowest BCUT2D eigenvalue weighted by Crippen LogP contribution is -2.19. The molecule has 6 heteroatoms. The number of rotatable bonds is 5. The molecule has 2 N–H and O–H groups in total. The highest BCUT2D eigenvalue weighted by Gasteiger charge is 2.14. The van der Waals surface area contributed by atoms with Crippen molar-refractivity contribution in [2.45, 2.75) is 6.92 Å². The molecule has 1 heterocycles. The number of aromatic nitrogens is 1. The molecule has 0 saturated heterocycles. The van der Waals surface area contributed by atoms with Crippen LogP contribution < -0.4 is 10.2 Å². The molecule has 0 saturated carbocycles. The monoisotopic (exact) mass is 290 g/mol. The SMILES string of the molecule is Cc1c(C(=O)O)[nH]c2ccc(OCCN(C)C)cc2c1=O. The normalized spacial score (nSPS) is 11.0. The Kier molecular flexibility index (Phi) is 4.28. The maximum absolute atomic E-state index is 12.2. The first-order valence-electron chi connectivity index (χ1n) is 6.57. The lowest BCUT2D eigenvalue weighted by atomic mass is 10.1.